The summed E-state index contributed by atoms with van der Waals surface area (Å²) in [6.45, 7) is 12.7. The van der Waals surface area contributed by atoms with Crippen LogP contribution in [0.25, 0.3) is 0 Å². The molecule has 0 saturated carbocycles. The van der Waals surface area contributed by atoms with Crippen LogP contribution in [-0.4, -0.2) is 22.2 Å². The van der Waals surface area contributed by atoms with Gasteiger partial charge in [0.25, 0.3) is 0 Å². The number of pyridine rings is 1. The Kier molecular flexibility index (Phi) is 4.29. The molecule has 0 aliphatic rings. The molecule has 1 N–H and O–H groups in total. The molecule has 17 heavy (non-hydrogen) atoms. The predicted molar refractivity (Wildman–Crippen MR) is 72.2 cm³/mol. The Hall–Kier alpha value is -1.35. The zero-order valence-electron chi connectivity index (χ0n) is 11.1. The van der Waals surface area contributed by atoms with Crippen molar-refractivity contribution in [2.45, 2.75) is 39.3 Å². The van der Waals surface area contributed by atoms with Crippen molar-refractivity contribution in [1.29, 1.82) is 0 Å². The number of nitrogens with zero attached hydrogens (tertiary/aromatic N) is 2. The molecule has 0 bridgehead atoms. The first-order chi connectivity index (χ1) is 7.86. The van der Waals surface area contributed by atoms with E-state index in [0.717, 1.165) is 17.9 Å². The van der Waals surface area contributed by atoms with Crippen molar-refractivity contribution in [2.75, 3.05) is 11.4 Å². The summed E-state index contributed by atoms with van der Waals surface area (Å²) < 4.78 is 0. The van der Waals surface area contributed by atoms with Crippen LogP contribution in [0.4, 0.5) is 5.82 Å². The molecule has 3 nitrogen and oxygen atoms in total. The normalized spacial score (nSPS) is 13.2. The van der Waals surface area contributed by atoms with Crippen LogP contribution in [-0.2, 0) is 0 Å². The van der Waals surface area contributed by atoms with Crippen molar-refractivity contribution < 1.29 is 5.11 Å². The Morgan fingerprint density at radius 3 is 2.65 bits per heavy atom. The Morgan fingerprint density at radius 2 is 2.18 bits per heavy atom. The Labute approximate surface area is 104 Å². The van der Waals surface area contributed by atoms with Gasteiger partial charge in [-0.2, -0.15) is 0 Å². The van der Waals surface area contributed by atoms with Crippen LogP contribution in [0.3, 0.4) is 0 Å². The lowest BCUT2D eigenvalue weighted by atomic mass is 10.1. The fourth-order valence-electron chi connectivity index (χ4n) is 1.68. The lowest BCUT2D eigenvalue weighted by Crippen LogP contribution is -2.42. The molecule has 1 aromatic heterocycles. The van der Waals surface area contributed by atoms with E-state index in [1.54, 1.807) is 13.1 Å². The third-order valence-electron chi connectivity index (χ3n) is 2.65. The predicted octanol–water partition coefficient (Wildman–Crippen LogP) is 2.93. The van der Waals surface area contributed by atoms with Gasteiger partial charge in [-0.15, -0.1) is 6.58 Å². The number of aromatic nitrogens is 1. The monoisotopic (exact) mass is 234 g/mol. The number of hydrogen-bond donors (Lipinski definition) is 1. The molecule has 0 aliphatic carbocycles. The van der Waals surface area contributed by atoms with E-state index in [-0.39, 0.29) is 5.54 Å². The van der Waals surface area contributed by atoms with Crippen LogP contribution in [0.5, 0.6) is 0 Å². The van der Waals surface area contributed by atoms with E-state index in [0.29, 0.717) is 0 Å². The van der Waals surface area contributed by atoms with Crippen LogP contribution < -0.4 is 4.90 Å². The maximum Gasteiger partial charge on any atom is 0.129 e. The van der Waals surface area contributed by atoms with Crippen LogP contribution in [0.15, 0.2) is 31.0 Å². The van der Waals surface area contributed by atoms with Crippen molar-refractivity contribution in [3.63, 3.8) is 0 Å². The van der Waals surface area contributed by atoms with Crippen LogP contribution in [0.1, 0.15) is 39.4 Å². The van der Waals surface area contributed by atoms with Gasteiger partial charge in [0.05, 0.1) is 6.10 Å². The number of aliphatic hydroxyl groups is 1. The minimum Gasteiger partial charge on any atom is -0.389 e. The van der Waals surface area contributed by atoms with E-state index in [1.165, 1.54) is 0 Å². The van der Waals surface area contributed by atoms with Crippen LogP contribution >= 0.6 is 0 Å². The first kappa shape index (κ1) is 13.7. The van der Waals surface area contributed by atoms with Crippen LogP contribution in [0.2, 0.25) is 0 Å². The molecule has 1 aromatic rings. The molecule has 1 heterocycles. The van der Waals surface area contributed by atoms with Gasteiger partial charge in [0.15, 0.2) is 0 Å². The number of anilines is 1. The maximum atomic E-state index is 9.60. The van der Waals surface area contributed by atoms with E-state index in [2.05, 4.69) is 37.2 Å². The summed E-state index contributed by atoms with van der Waals surface area (Å²) in [5.74, 6) is 0.871. The number of aliphatic hydroxyl groups excluding tert-OH is 1. The highest BCUT2D eigenvalue weighted by Crippen LogP contribution is 2.24. The first-order valence-corrected chi connectivity index (χ1v) is 5.89. The zero-order valence-corrected chi connectivity index (χ0v) is 11.1. The summed E-state index contributed by atoms with van der Waals surface area (Å²) in [5, 5.41) is 9.60. The number of hydrogen-bond acceptors (Lipinski definition) is 3. The molecule has 0 saturated heterocycles. The highest BCUT2D eigenvalue weighted by atomic mass is 16.3. The maximum absolute atomic E-state index is 9.60. The van der Waals surface area contributed by atoms with E-state index in [4.69, 9.17) is 0 Å². The first-order valence-electron chi connectivity index (χ1n) is 5.89. The largest absolute Gasteiger partial charge is 0.389 e. The summed E-state index contributed by atoms with van der Waals surface area (Å²) in [4.78, 5) is 6.53. The van der Waals surface area contributed by atoms with Crippen molar-refractivity contribution in [2.24, 2.45) is 0 Å². The van der Waals surface area contributed by atoms with Crippen LogP contribution in [0, 0.1) is 0 Å². The summed E-state index contributed by atoms with van der Waals surface area (Å²) in [6, 6.07) is 3.77. The van der Waals surface area contributed by atoms with E-state index >= 15 is 0 Å². The summed E-state index contributed by atoms with van der Waals surface area (Å²) >= 11 is 0. The molecule has 0 aromatic carbocycles. The Bertz CT molecular complexity index is 380. The van der Waals surface area contributed by atoms with Crippen molar-refractivity contribution >= 4 is 5.82 Å². The molecular weight excluding hydrogens is 212 g/mol. The van der Waals surface area contributed by atoms with E-state index in [1.807, 2.05) is 18.2 Å². The molecular formula is C14H22N2O. The van der Waals surface area contributed by atoms with Gasteiger partial charge in [-0.05, 0) is 45.4 Å². The van der Waals surface area contributed by atoms with Gasteiger partial charge in [0, 0.05) is 18.3 Å². The fraction of sp³-hybridized carbons (Fsp3) is 0.500. The summed E-state index contributed by atoms with van der Waals surface area (Å²) in [6.07, 6.45) is 3.13. The van der Waals surface area contributed by atoms with Gasteiger partial charge in [-0.25, -0.2) is 4.98 Å². The molecule has 1 rings (SSSR count). The second-order valence-corrected chi connectivity index (χ2v) is 5.19. The van der Waals surface area contributed by atoms with E-state index in [9.17, 15) is 5.11 Å². The lowest BCUT2D eigenvalue weighted by Gasteiger charge is -2.36. The SMILES string of the molecule is C=CCN(c1cc([C@@H](C)O)ccn1)C(C)(C)C. The highest BCUT2D eigenvalue weighted by molar-refractivity contribution is 5.44. The number of rotatable bonds is 4. The van der Waals surface area contributed by atoms with E-state index < -0.39 is 6.10 Å². The summed E-state index contributed by atoms with van der Waals surface area (Å²) in [5.41, 5.74) is 0.853. The molecule has 0 fully saturated rings. The second kappa shape index (κ2) is 5.32. The van der Waals surface area contributed by atoms with Gasteiger partial charge < -0.3 is 10.0 Å². The molecule has 0 radical (unpaired) electrons. The average Bonchev–Trinajstić information content (AvgIpc) is 2.24. The smallest absolute Gasteiger partial charge is 0.129 e. The van der Waals surface area contributed by atoms with Gasteiger partial charge >= 0.3 is 0 Å². The molecule has 0 spiro atoms. The van der Waals surface area contributed by atoms with Crippen molar-refractivity contribution in [3.05, 3.63) is 36.5 Å². The minimum atomic E-state index is -0.470. The second-order valence-electron chi connectivity index (χ2n) is 5.19. The third kappa shape index (κ3) is 3.56. The van der Waals surface area contributed by atoms with Gasteiger partial charge in [-0.1, -0.05) is 6.08 Å². The van der Waals surface area contributed by atoms with Crippen molar-refractivity contribution in [1.82, 2.24) is 4.98 Å². The standard InChI is InChI=1S/C14H22N2O/c1-6-9-16(14(3,4)5)13-10-12(11(2)17)7-8-15-13/h6-8,10-11,17H,1,9H2,2-5H3/t11-/m1/s1. The zero-order chi connectivity index (χ0) is 13.1. The lowest BCUT2D eigenvalue weighted by molar-refractivity contribution is 0.199. The molecule has 0 amide bonds. The quantitative estimate of drug-likeness (QED) is 0.814. The van der Waals surface area contributed by atoms with Crippen molar-refractivity contribution in [3.8, 4) is 0 Å². The Balaban J connectivity index is 3.10. The average molecular weight is 234 g/mol. The molecule has 0 aliphatic heterocycles. The Morgan fingerprint density at radius 1 is 1.53 bits per heavy atom. The van der Waals surface area contributed by atoms with Gasteiger partial charge in [0.1, 0.15) is 5.82 Å². The topological polar surface area (TPSA) is 36.4 Å². The molecule has 1 atom stereocenters. The molecule has 3 heteroatoms. The minimum absolute atomic E-state index is 0.0293. The fourth-order valence-corrected chi connectivity index (χ4v) is 1.68. The molecule has 94 valence electrons. The van der Waals surface area contributed by atoms with Gasteiger partial charge in [0.2, 0.25) is 0 Å². The summed E-state index contributed by atoms with van der Waals surface area (Å²) in [7, 11) is 0. The highest BCUT2D eigenvalue weighted by Gasteiger charge is 2.21. The third-order valence-corrected chi connectivity index (χ3v) is 2.65. The molecule has 0 unspecified atom stereocenters. The van der Waals surface area contributed by atoms with Gasteiger partial charge in [-0.3, -0.25) is 0 Å².